The van der Waals surface area contributed by atoms with Crippen molar-refractivity contribution < 1.29 is 40.6 Å². The van der Waals surface area contributed by atoms with Crippen molar-refractivity contribution in [1.29, 1.82) is 0 Å². The third-order valence-electron chi connectivity index (χ3n) is 3.15. The Labute approximate surface area is 132 Å². The summed E-state index contributed by atoms with van der Waals surface area (Å²) in [6, 6.07) is 2.22. The molecule has 0 spiro atoms. The number of benzene rings is 1. The van der Waals surface area contributed by atoms with Gasteiger partial charge in [0.15, 0.2) is 0 Å². The topological polar surface area (TPSA) is 59.6 Å². The molecule has 1 rings (SSSR count). The van der Waals surface area contributed by atoms with Crippen LogP contribution in [-0.2, 0) is 0 Å². The van der Waals surface area contributed by atoms with Crippen molar-refractivity contribution in [1.82, 2.24) is 5.32 Å². The van der Waals surface area contributed by atoms with Crippen LogP contribution in [0.2, 0.25) is 0 Å². The molecule has 0 aromatic heterocycles. The van der Waals surface area contributed by atoms with Crippen molar-refractivity contribution in [2.75, 3.05) is 19.5 Å². The fourth-order valence-corrected chi connectivity index (χ4v) is 1.59. The van der Waals surface area contributed by atoms with Crippen molar-refractivity contribution in [2.45, 2.75) is 24.8 Å². The van der Waals surface area contributed by atoms with Gasteiger partial charge in [0.2, 0.25) is 5.54 Å². The van der Waals surface area contributed by atoms with E-state index in [-0.39, 0.29) is 24.1 Å². The first-order valence-electron chi connectivity index (χ1n) is 6.30. The van der Waals surface area contributed by atoms with E-state index in [0.717, 1.165) is 5.32 Å². The van der Waals surface area contributed by atoms with E-state index in [2.05, 4.69) is 0 Å². The Kier molecular flexibility index (Phi) is 5.47. The highest BCUT2D eigenvalue weighted by molar-refractivity contribution is 5.91. The molecule has 136 valence electrons. The van der Waals surface area contributed by atoms with Crippen molar-refractivity contribution in [3.8, 4) is 11.5 Å². The average molecular weight is 360 g/mol. The second-order valence-electron chi connectivity index (χ2n) is 4.77. The Morgan fingerprint density at radius 1 is 1.00 bits per heavy atom. The highest BCUT2D eigenvalue weighted by atomic mass is 19.4. The first kappa shape index (κ1) is 19.7. The number of methoxy groups -OCH3 is 2. The third kappa shape index (κ3) is 3.95. The maximum absolute atomic E-state index is 12.8. The zero-order valence-electron chi connectivity index (χ0n) is 12.7. The molecule has 0 saturated heterocycles. The molecule has 0 fully saturated rings. The van der Waals surface area contributed by atoms with Crippen molar-refractivity contribution >= 4 is 11.7 Å². The number of hydrogen-bond donors (Lipinski definition) is 2. The second-order valence-corrected chi connectivity index (χ2v) is 4.77. The van der Waals surface area contributed by atoms with Gasteiger partial charge in [-0.2, -0.15) is 26.3 Å². The van der Waals surface area contributed by atoms with Gasteiger partial charge in [-0.25, -0.2) is 4.79 Å². The number of anilines is 1. The number of carbonyl (C=O) groups excluding carboxylic acids is 1. The molecule has 0 aliphatic carbocycles. The number of halogens is 6. The normalized spacial score (nSPS) is 12.5. The van der Waals surface area contributed by atoms with Crippen LogP contribution >= 0.6 is 0 Å². The largest absolute Gasteiger partial charge is 0.497 e. The van der Waals surface area contributed by atoms with Gasteiger partial charge >= 0.3 is 18.4 Å². The molecule has 0 heterocycles. The maximum atomic E-state index is 12.8. The summed E-state index contributed by atoms with van der Waals surface area (Å²) >= 11 is 0. The van der Waals surface area contributed by atoms with Crippen molar-refractivity contribution in [3.05, 3.63) is 18.2 Å². The Morgan fingerprint density at radius 3 is 1.96 bits per heavy atom. The number of urea groups is 1. The Morgan fingerprint density at radius 2 is 1.54 bits per heavy atom. The molecule has 0 atom stereocenters. The lowest BCUT2D eigenvalue weighted by Crippen LogP contribution is -2.66. The molecule has 2 amide bonds. The van der Waals surface area contributed by atoms with E-state index in [4.69, 9.17) is 9.47 Å². The van der Waals surface area contributed by atoms with Crippen LogP contribution in [-0.4, -0.2) is 38.1 Å². The number of carbonyl (C=O) groups is 1. The van der Waals surface area contributed by atoms with Crippen LogP contribution in [0.15, 0.2) is 18.2 Å². The first-order chi connectivity index (χ1) is 10.9. The van der Waals surface area contributed by atoms with Gasteiger partial charge in [0, 0.05) is 6.07 Å². The van der Waals surface area contributed by atoms with Gasteiger partial charge in [-0.1, -0.05) is 0 Å². The number of ether oxygens (including phenoxy) is 2. The first-order valence-corrected chi connectivity index (χ1v) is 6.30. The zero-order chi connectivity index (χ0) is 18.8. The molecule has 0 unspecified atom stereocenters. The molecule has 0 radical (unpaired) electrons. The summed E-state index contributed by atoms with van der Waals surface area (Å²) in [5.74, 6) is 0.229. The standard InChI is InChI=1S/C13H14F6N2O3/c1-11(12(14,15)16,13(17,18)19)21-10(22)20-8-6-7(23-2)4-5-9(8)24-3/h4-6H,1-3H3,(H2,20,21,22). The quantitative estimate of drug-likeness (QED) is 0.805. The molecule has 5 nitrogen and oxygen atoms in total. The monoisotopic (exact) mass is 360 g/mol. The highest BCUT2D eigenvalue weighted by Crippen LogP contribution is 2.42. The lowest BCUT2D eigenvalue weighted by molar-refractivity contribution is -0.297. The lowest BCUT2D eigenvalue weighted by atomic mass is 10.0. The molecule has 0 aliphatic heterocycles. The van der Waals surface area contributed by atoms with E-state index < -0.39 is 23.9 Å². The van der Waals surface area contributed by atoms with Gasteiger partial charge in [0.05, 0.1) is 19.9 Å². The molecule has 0 saturated carbocycles. The minimum atomic E-state index is -5.75. The SMILES string of the molecule is COc1ccc(OC)c(NC(=O)NC(C)(C(F)(F)F)C(F)(F)F)c1. The van der Waals surface area contributed by atoms with Gasteiger partial charge in [-0.15, -0.1) is 0 Å². The van der Waals surface area contributed by atoms with Crippen LogP contribution in [0, 0.1) is 0 Å². The van der Waals surface area contributed by atoms with E-state index in [1.54, 1.807) is 0 Å². The van der Waals surface area contributed by atoms with Crippen LogP contribution in [0.4, 0.5) is 36.8 Å². The number of alkyl halides is 6. The van der Waals surface area contributed by atoms with E-state index in [1.807, 2.05) is 5.32 Å². The second kappa shape index (κ2) is 6.65. The molecule has 11 heteroatoms. The van der Waals surface area contributed by atoms with E-state index in [1.165, 1.54) is 32.4 Å². The summed E-state index contributed by atoms with van der Waals surface area (Å²) in [6.07, 6.45) is -11.5. The van der Waals surface area contributed by atoms with Gasteiger partial charge in [-0.3, -0.25) is 0 Å². The number of nitrogens with one attached hydrogen (secondary N) is 2. The summed E-state index contributed by atoms with van der Waals surface area (Å²) in [7, 11) is 2.50. The van der Waals surface area contributed by atoms with Crippen LogP contribution in [0.1, 0.15) is 6.92 Å². The summed E-state index contributed by atoms with van der Waals surface area (Å²) in [5, 5.41) is 2.80. The van der Waals surface area contributed by atoms with Gasteiger partial charge < -0.3 is 20.1 Å². The van der Waals surface area contributed by atoms with E-state index in [9.17, 15) is 31.1 Å². The van der Waals surface area contributed by atoms with Gasteiger partial charge in [-0.05, 0) is 19.1 Å². The summed E-state index contributed by atoms with van der Waals surface area (Å²) < 4.78 is 86.3. The maximum Gasteiger partial charge on any atom is 0.420 e. The van der Waals surface area contributed by atoms with E-state index in [0.29, 0.717) is 0 Å². The Balaban J connectivity index is 3.08. The molecule has 0 bridgehead atoms. The van der Waals surface area contributed by atoms with Crippen LogP contribution < -0.4 is 20.1 Å². The highest BCUT2D eigenvalue weighted by Gasteiger charge is 2.68. The van der Waals surface area contributed by atoms with Gasteiger partial charge in [0.25, 0.3) is 0 Å². The van der Waals surface area contributed by atoms with Crippen LogP contribution in [0.3, 0.4) is 0 Å². The van der Waals surface area contributed by atoms with E-state index >= 15 is 0 Å². The summed E-state index contributed by atoms with van der Waals surface area (Å²) in [6.45, 7) is -0.171. The fourth-order valence-electron chi connectivity index (χ4n) is 1.59. The Hall–Kier alpha value is -2.33. The molecule has 0 aliphatic rings. The number of rotatable bonds is 4. The molecule has 2 N–H and O–H groups in total. The molecule has 24 heavy (non-hydrogen) atoms. The predicted molar refractivity (Wildman–Crippen MR) is 72.2 cm³/mol. The van der Waals surface area contributed by atoms with Gasteiger partial charge in [0.1, 0.15) is 11.5 Å². The smallest absolute Gasteiger partial charge is 0.420 e. The van der Waals surface area contributed by atoms with Crippen LogP contribution in [0.5, 0.6) is 11.5 Å². The minimum Gasteiger partial charge on any atom is -0.497 e. The number of amides is 2. The van der Waals surface area contributed by atoms with Crippen molar-refractivity contribution in [2.24, 2.45) is 0 Å². The third-order valence-corrected chi connectivity index (χ3v) is 3.15. The summed E-state index contributed by atoms with van der Waals surface area (Å²) in [4.78, 5) is 11.7. The van der Waals surface area contributed by atoms with Crippen LogP contribution in [0.25, 0.3) is 0 Å². The number of hydrogen-bond acceptors (Lipinski definition) is 3. The fraction of sp³-hybridized carbons (Fsp3) is 0.462. The molecular formula is C13H14F6N2O3. The van der Waals surface area contributed by atoms with Crippen molar-refractivity contribution in [3.63, 3.8) is 0 Å². The molecule has 1 aromatic rings. The minimum absolute atomic E-state index is 0.0201. The molecular weight excluding hydrogens is 346 g/mol. The molecule has 1 aromatic carbocycles. The predicted octanol–water partition coefficient (Wildman–Crippen LogP) is 3.71. The summed E-state index contributed by atoms with van der Waals surface area (Å²) in [5.41, 5.74) is -4.59. The lowest BCUT2D eigenvalue weighted by Gasteiger charge is -2.34. The zero-order valence-corrected chi connectivity index (χ0v) is 12.7. The average Bonchev–Trinajstić information content (AvgIpc) is 2.44. The Bertz CT molecular complexity index is 586.